The molecule has 0 aliphatic carbocycles. The van der Waals surface area contributed by atoms with E-state index in [2.05, 4.69) is 15.9 Å². The smallest absolute Gasteiger partial charge is 0.174 e. The second-order valence-corrected chi connectivity index (χ2v) is 7.19. The fourth-order valence-electron chi connectivity index (χ4n) is 3.10. The van der Waals surface area contributed by atoms with Crippen LogP contribution in [0.1, 0.15) is 39.1 Å². The second kappa shape index (κ2) is 8.24. The van der Waals surface area contributed by atoms with Crippen LogP contribution in [-0.2, 0) is 0 Å². The topological polar surface area (TPSA) is 34.1 Å². The van der Waals surface area contributed by atoms with Crippen molar-refractivity contribution in [3.05, 3.63) is 106 Å². The van der Waals surface area contributed by atoms with Gasteiger partial charge in [0, 0.05) is 15.6 Å². The number of carbonyl (C=O) groups is 2. The third kappa shape index (κ3) is 4.00. The predicted molar refractivity (Wildman–Crippen MR) is 108 cm³/mol. The van der Waals surface area contributed by atoms with E-state index in [1.54, 1.807) is 24.3 Å². The zero-order valence-corrected chi connectivity index (χ0v) is 16.0. The standard InChI is InChI=1S/C23H19BrO2/c1-16(17-12-14-20(24)15-13-17)21(22(25)18-8-4-2-5-9-18)23(26)19-10-6-3-7-11-19/h2-16,21H,1H3. The van der Waals surface area contributed by atoms with Crippen LogP contribution in [0.25, 0.3) is 0 Å². The van der Waals surface area contributed by atoms with Crippen LogP contribution >= 0.6 is 15.9 Å². The third-order valence-corrected chi connectivity index (χ3v) is 5.11. The largest absolute Gasteiger partial charge is 0.293 e. The van der Waals surface area contributed by atoms with E-state index in [1.165, 1.54) is 0 Å². The van der Waals surface area contributed by atoms with Crippen molar-refractivity contribution in [1.29, 1.82) is 0 Å². The molecule has 0 radical (unpaired) electrons. The first-order chi connectivity index (χ1) is 12.6. The van der Waals surface area contributed by atoms with E-state index in [0.29, 0.717) is 11.1 Å². The molecule has 3 aromatic carbocycles. The highest BCUT2D eigenvalue weighted by Gasteiger charge is 2.34. The molecule has 130 valence electrons. The zero-order valence-electron chi connectivity index (χ0n) is 14.4. The Bertz CT molecular complexity index is 835. The van der Waals surface area contributed by atoms with Crippen LogP contribution < -0.4 is 0 Å². The summed E-state index contributed by atoms with van der Waals surface area (Å²) in [7, 11) is 0. The van der Waals surface area contributed by atoms with Gasteiger partial charge in [-0.3, -0.25) is 9.59 Å². The Morgan fingerprint density at radius 2 is 1.12 bits per heavy atom. The summed E-state index contributed by atoms with van der Waals surface area (Å²) in [4.78, 5) is 26.4. The highest BCUT2D eigenvalue weighted by atomic mass is 79.9. The molecule has 0 aromatic heterocycles. The van der Waals surface area contributed by atoms with Crippen LogP contribution in [0.2, 0.25) is 0 Å². The Morgan fingerprint density at radius 3 is 1.54 bits per heavy atom. The van der Waals surface area contributed by atoms with Crippen molar-refractivity contribution in [2.75, 3.05) is 0 Å². The molecular weight excluding hydrogens is 388 g/mol. The van der Waals surface area contributed by atoms with Crippen LogP contribution in [0.4, 0.5) is 0 Å². The summed E-state index contributed by atoms with van der Waals surface area (Å²) in [5.41, 5.74) is 2.09. The summed E-state index contributed by atoms with van der Waals surface area (Å²) in [5, 5.41) is 0. The Labute approximate surface area is 162 Å². The highest BCUT2D eigenvalue weighted by molar-refractivity contribution is 9.10. The fraction of sp³-hybridized carbons (Fsp3) is 0.130. The van der Waals surface area contributed by atoms with Crippen LogP contribution in [0.3, 0.4) is 0 Å². The van der Waals surface area contributed by atoms with Crippen molar-refractivity contribution in [2.24, 2.45) is 5.92 Å². The maximum absolute atomic E-state index is 13.2. The monoisotopic (exact) mass is 406 g/mol. The Morgan fingerprint density at radius 1 is 0.692 bits per heavy atom. The molecule has 3 heteroatoms. The first-order valence-electron chi connectivity index (χ1n) is 8.52. The van der Waals surface area contributed by atoms with Crippen LogP contribution in [0.5, 0.6) is 0 Å². The molecule has 2 nitrogen and oxygen atoms in total. The highest BCUT2D eigenvalue weighted by Crippen LogP contribution is 2.31. The van der Waals surface area contributed by atoms with Crippen molar-refractivity contribution in [2.45, 2.75) is 12.8 Å². The molecule has 0 amide bonds. The van der Waals surface area contributed by atoms with Gasteiger partial charge in [-0.25, -0.2) is 0 Å². The van der Waals surface area contributed by atoms with Gasteiger partial charge in [-0.15, -0.1) is 0 Å². The average Bonchev–Trinajstić information content (AvgIpc) is 2.69. The van der Waals surface area contributed by atoms with Crippen molar-refractivity contribution in [3.63, 3.8) is 0 Å². The van der Waals surface area contributed by atoms with Crippen LogP contribution in [0.15, 0.2) is 89.4 Å². The van der Waals surface area contributed by atoms with Gasteiger partial charge in [0.05, 0.1) is 5.92 Å². The van der Waals surface area contributed by atoms with E-state index in [9.17, 15) is 9.59 Å². The maximum Gasteiger partial charge on any atom is 0.174 e. The molecule has 0 aliphatic heterocycles. The van der Waals surface area contributed by atoms with Gasteiger partial charge in [0.15, 0.2) is 11.6 Å². The van der Waals surface area contributed by atoms with Crippen molar-refractivity contribution < 1.29 is 9.59 Å². The van der Waals surface area contributed by atoms with Gasteiger partial charge >= 0.3 is 0 Å². The molecule has 0 saturated heterocycles. The minimum Gasteiger partial charge on any atom is -0.293 e. The molecule has 0 aliphatic rings. The van der Waals surface area contributed by atoms with Gasteiger partial charge in [0.1, 0.15) is 0 Å². The normalized spacial score (nSPS) is 12.0. The predicted octanol–water partition coefficient (Wildman–Crippen LogP) is 5.93. The second-order valence-electron chi connectivity index (χ2n) is 6.28. The fourth-order valence-corrected chi connectivity index (χ4v) is 3.36. The molecule has 0 saturated carbocycles. The van der Waals surface area contributed by atoms with E-state index >= 15 is 0 Å². The SMILES string of the molecule is CC(c1ccc(Br)cc1)C(C(=O)c1ccccc1)C(=O)c1ccccc1. The number of hydrogen-bond acceptors (Lipinski definition) is 2. The van der Waals surface area contributed by atoms with E-state index in [1.807, 2.05) is 67.6 Å². The van der Waals surface area contributed by atoms with Crippen molar-refractivity contribution in [1.82, 2.24) is 0 Å². The lowest BCUT2D eigenvalue weighted by molar-refractivity contribution is 0.0787. The molecule has 3 aromatic rings. The average molecular weight is 407 g/mol. The van der Waals surface area contributed by atoms with E-state index in [-0.39, 0.29) is 17.5 Å². The van der Waals surface area contributed by atoms with Crippen LogP contribution in [-0.4, -0.2) is 11.6 Å². The Balaban J connectivity index is 2.02. The minimum atomic E-state index is -0.763. The number of Topliss-reactive ketones (excluding diaryl/α,β-unsaturated/α-hetero) is 2. The quantitative estimate of drug-likeness (QED) is 0.375. The van der Waals surface area contributed by atoms with Gasteiger partial charge < -0.3 is 0 Å². The number of rotatable bonds is 6. The lowest BCUT2D eigenvalue weighted by Crippen LogP contribution is -2.29. The molecule has 1 atom stereocenters. The van der Waals surface area contributed by atoms with Gasteiger partial charge in [0.25, 0.3) is 0 Å². The molecule has 0 N–H and O–H groups in total. The molecular formula is C23H19BrO2. The Kier molecular flexibility index (Phi) is 5.79. The summed E-state index contributed by atoms with van der Waals surface area (Å²) in [6.45, 7) is 1.94. The Hall–Kier alpha value is -2.52. The molecule has 26 heavy (non-hydrogen) atoms. The maximum atomic E-state index is 13.2. The molecule has 0 bridgehead atoms. The molecule has 3 rings (SSSR count). The third-order valence-electron chi connectivity index (χ3n) is 4.58. The first kappa shape index (κ1) is 18.3. The summed E-state index contributed by atoms with van der Waals surface area (Å²) >= 11 is 3.43. The number of ketones is 2. The zero-order chi connectivity index (χ0) is 18.5. The van der Waals surface area contributed by atoms with Gasteiger partial charge in [-0.05, 0) is 23.6 Å². The minimum absolute atomic E-state index is 0.144. The number of carbonyl (C=O) groups excluding carboxylic acids is 2. The number of halogens is 1. The van der Waals surface area contributed by atoms with Gasteiger partial charge in [0.2, 0.25) is 0 Å². The molecule has 1 unspecified atom stereocenters. The summed E-state index contributed by atoms with van der Waals surface area (Å²) < 4.78 is 0.966. The van der Waals surface area contributed by atoms with E-state index in [4.69, 9.17) is 0 Å². The van der Waals surface area contributed by atoms with Crippen molar-refractivity contribution in [3.8, 4) is 0 Å². The first-order valence-corrected chi connectivity index (χ1v) is 9.31. The number of benzene rings is 3. The summed E-state index contributed by atoms with van der Waals surface area (Å²) in [6.07, 6.45) is 0. The van der Waals surface area contributed by atoms with Gasteiger partial charge in [-0.1, -0.05) is 95.7 Å². The number of hydrogen-bond donors (Lipinski definition) is 0. The lowest BCUT2D eigenvalue weighted by Gasteiger charge is -2.22. The van der Waals surface area contributed by atoms with Crippen molar-refractivity contribution >= 4 is 27.5 Å². The van der Waals surface area contributed by atoms with Gasteiger partial charge in [-0.2, -0.15) is 0 Å². The molecule has 0 fully saturated rings. The summed E-state index contributed by atoms with van der Waals surface area (Å²) in [5.74, 6) is -1.28. The van der Waals surface area contributed by atoms with Crippen LogP contribution in [0, 0.1) is 5.92 Å². The summed E-state index contributed by atoms with van der Waals surface area (Å²) in [6, 6.07) is 25.9. The lowest BCUT2D eigenvalue weighted by atomic mass is 9.78. The molecule has 0 heterocycles. The van der Waals surface area contributed by atoms with E-state index < -0.39 is 5.92 Å². The van der Waals surface area contributed by atoms with E-state index in [0.717, 1.165) is 10.0 Å². The molecule has 0 spiro atoms.